The molecule has 1 aromatic heterocycles. The van der Waals surface area contributed by atoms with Crippen LogP contribution < -0.4 is 5.32 Å². The summed E-state index contributed by atoms with van der Waals surface area (Å²) in [5.74, 6) is 1.77. The van der Waals surface area contributed by atoms with E-state index >= 15 is 0 Å². The molecule has 5 rings (SSSR count). The van der Waals surface area contributed by atoms with Crippen LogP contribution in [0.25, 0.3) is 0 Å². The fourth-order valence-corrected chi connectivity index (χ4v) is 3.81. The van der Waals surface area contributed by atoms with Crippen LogP contribution in [-0.4, -0.2) is 52.7 Å². The predicted molar refractivity (Wildman–Crippen MR) is 85.0 cm³/mol. The van der Waals surface area contributed by atoms with Gasteiger partial charge >= 0.3 is 0 Å². The summed E-state index contributed by atoms with van der Waals surface area (Å²) in [6, 6.07) is 2.58. The van der Waals surface area contributed by atoms with Crippen LogP contribution in [0.4, 0.5) is 5.82 Å². The molecule has 6 nitrogen and oxygen atoms in total. The molecule has 1 atom stereocenters. The number of hydrogen-bond donors (Lipinski definition) is 1. The minimum absolute atomic E-state index is 0.104. The maximum Gasteiger partial charge on any atom is 0.291 e. The average Bonchev–Trinajstić information content (AvgIpc) is 2.91. The Hall–Kier alpha value is -1.69. The third kappa shape index (κ3) is 2.35. The average molecular weight is 301 g/mol. The van der Waals surface area contributed by atoms with Gasteiger partial charge in [0.2, 0.25) is 0 Å². The number of nitrogens with zero attached hydrogens (tertiary/aromatic N) is 4. The minimum Gasteiger partial charge on any atom is -0.455 e. The number of nitrogens with one attached hydrogen (secondary N) is 1. The summed E-state index contributed by atoms with van der Waals surface area (Å²) in [6.45, 7) is 8.44. The standard InChI is InChI=1S/C16H23N5O/c1-11(2)13-7-14(19-10-18-13)20-15-17-8-16(22-15)9-21-5-3-12(16)4-6-21/h7,10-12H,3-6,8-9H2,1-2H3,(H,17,18,19,20)/t16-/m0/s1. The summed E-state index contributed by atoms with van der Waals surface area (Å²) in [5, 5.41) is 3.23. The first-order chi connectivity index (χ1) is 10.6. The first kappa shape index (κ1) is 13.9. The first-order valence-electron chi connectivity index (χ1n) is 8.19. The van der Waals surface area contributed by atoms with Gasteiger partial charge in [-0.2, -0.15) is 0 Å². The number of fused-ring (bicyclic) bond motifs is 2. The number of amidine groups is 1. The van der Waals surface area contributed by atoms with Gasteiger partial charge in [0.1, 0.15) is 17.7 Å². The topological polar surface area (TPSA) is 62.6 Å². The predicted octanol–water partition coefficient (Wildman–Crippen LogP) is 1.86. The van der Waals surface area contributed by atoms with E-state index in [0.717, 1.165) is 24.6 Å². The third-order valence-electron chi connectivity index (χ3n) is 5.13. The second-order valence-electron chi connectivity index (χ2n) is 6.95. The van der Waals surface area contributed by atoms with Gasteiger partial charge in [-0.3, -0.25) is 10.2 Å². The molecule has 0 aliphatic carbocycles. The summed E-state index contributed by atoms with van der Waals surface area (Å²) in [4.78, 5) is 15.7. The number of aliphatic imine (C=N–C) groups is 1. The first-order valence-corrected chi connectivity index (χ1v) is 8.19. The molecule has 0 radical (unpaired) electrons. The van der Waals surface area contributed by atoms with Crippen LogP contribution in [0.2, 0.25) is 0 Å². The molecule has 1 spiro atoms. The van der Waals surface area contributed by atoms with Crippen LogP contribution in [0, 0.1) is 5.92 Å². The number of hydrogen-bond acceptors (Lipinski definition) is 6. The van der Waals surface area contributed by atoms with Gasteiger partial charge in [0.05, 0.1) is 6.54 Å². The van der Waals surface area contributed by atoms with Gasteiger partial charge in [0.25, 0.3) is 6.02 Å². The number of ether oxygens (including phenoxy) is 1. The molecule has 6 heteroatoms. The Bertz CT molecular complexity index is 594. The Kier molecular flexibility index (Phi) is 3.29. The number of aromatic nitrogens is 2. The van der Waals surface area contributed by atoms with Gasteiger partial charge in [-0.25, -0.2) is 15.0 Å². The van der Waals surface area contributed by atoms with E-state index in [-0.39, 0.29) is 5.60 Å². The molecular formula is C16H23N5O. The Morgan fingerprint density at radius 3 is 2.82 bits per heavy atom. The number of piperidine rings is 3. The van der Waals surface area contributed by atoms with Crippen molar-refractivity contribution < 1.29 is 4.74 Å². The number of rotatable bonds is 2. The van der Waals surface area contributed by atoms with Crippen LogP contribution in [-0.2, 0) is 4.74 Å². The summed E-state index contributed by atoms with van der Waals surface area (Å²) < 4.78 is 6.26. The van der Waals surface area contributed by atoms with Crippen molar-refractivity contribution in [2.24, 2.45) is 10.9 Å². The van der Waals surface area contributed by atoms with Crippen molar-refractivity contribution in [2.45, 2.75) is 38.2 Å². The molecule has 0 amide bonds. The van der Waals surface area contributed by atoms with Crippen LogP contribution in [0.1, 0.15) is 38.3 Å². The normalized spacial score (nSPS) is 33.1. The zero-order chi connectivity index (χ0) is 15.2. The molecule has 0 saturated carbocycles. The highest BCUT2D eigenvalue weighted by Gasteiger charge is 2.51. The van der Waals surface area contributed by atoms with E-state index < -0.39 is 0 Å². The fourth-order valence-electron chi connectivity index (χ4n) is 3.81. The van der Waals surface area contributed by atoms with Gasteiger partial charge in [-0.1, -0.05) is 13.8 Å². The summed E-state index contributed by atoms with van der Waals surface area (Å²) in [7, 11) is 0. The van der Waals surface area contributed by atoms with Crippen LogP contribution in [0.15, 0.2) is 17.4 Å². The highest BCUT2D eigenvalue weighted by Crippen LogP contribution is 2.40. The van der Waals surface area contributed by atoms with Crippen LogP contribution in [0.5, 0.6) is 0 Å². The monoisotopic (exact) mass is 301 g/mol. The summed E-state index contributed by atoms with van der Waals surface area (Å²) in [6.07, 6.45) is 4.05. The summed E-state index contributed by atoms with van der Waals surface area (Å²) in [5.41, 5.74) is 0.917. The van der Waals surface area contributed by atoms with E-state index in [2.05, 4.69) is 39.0 Å². The molecule has 1 N–H and O–H groups in total. The Labute approximate surface area is 131 Å². The van der Waals surface area contributed by atoms with Crippen molar-refractivity contribution in [3.05, 3.63) is 18.1 Å². The van der Waals surface area contributed by atoms with Gasteiger partial charge in [0, 0.05) is 24.2 Å². The molecule has 5 heterocycles. The Morgan fingerprint density at radius 2 is 2.14 bits per heavy atom. The van der Waals surface area contributed by atoms with E-state index in [1.807, 2.05) is 6.07 Å². The van der Waals surface area contributed by atoms with E-state index in [1.165, 1.54) is 25.9 Å². The van der Waals surface area contributed by atoms with Crippen LogP contribution >= 0.6 is 0 Å². The SMILES string of the molecule is CC(C)c1cc(NC2=NC[C@@]3(CN4CCC3CC4)O2)ncn1. The van der Waals surface area contributed by atoms with Crippen molar-refractivity contribution in [3.63, 3.8) is 0 Å². The van der Waals surface area contributed by atoms with E-state index in [4.69, 9.17) is 4.74 Å². The van der Waals surface area contributed by atoms with Gasteiger partial charge in [-0.05, 0) is 31.8 Å². The highest BCUT2D eigenvalue weighted by molar-refractivity contribution is 5.89. The Balaban J connectivity index is 1.46. The third-order valence-corrected chi connectivity index (χ3v) is 5.13. The van der Waals surface area contributed by atoms with Crippen molar-refractivity contribution in [1.82, 2.24) is 14.9 Å². The fraction of sp³-hybridized carbons (Fsp3) is 0.688. The second kappa shape index (κ2) is 5.19. The van der Waals surface area contributed by atoms with Crippen LogP contribution in [0.3, 0.4) is 0 Å². The van der Waals surface area contributed by atoms with E-state index in [0.29, 0.717) is 17.9 Å². The zero-order valence-electron chi connectivity index (χ0n) is 13.2. The Morgan fingerprint density at radius 1 is 1.32 bits per heavy atom. The molecule has 3 saturated heterocycles. The smallest absolute Gasteiger partial charge is 0.291 e. The lowest BCUT2D eigenvalue weighted by molar-refractivity contribution is -0.0829. The molecule has 1 aromatic rings. The molecule has 118 valence electrons. The van der Waals surface area contributed by atoms with E-state index in [1.54, 1.807) is 6.33 Å². The highest BCUT2D eigenvalue weighted by atomic mass is 16.5. The molecule has 3 fully saturated rings. The van der Waals surface area contributed by atoms with E-state index in [9.17, 15) is 0 Å². The van der Waals surface area contributed by atoms with Crippen molar-refractivity contribution in [2.75, 3.05) is 31.5 Å². The second-order valence-corrected chi connectivity index (χ2v) is 6.95. The summed E-state index contributed by atoms with van der Waals surface area (Å²) >= 11 is 0. The van der Waals surface area contributed by atoms with Crippen molar-refractivity contribution in [1.29, 1.82) is 0 Å². The molecule has 0 aromatic carbocycles. The largest absolute Gasteiger partial charge is 0.455 e. The van der Waals surface area contributed by atoms with Crippen molar-refractivity contribution >= 4 is 11.8 Å². The molecule has 22 heavy (non-hydrogen) atoms. The van der Waals surface area contributed by atoms with Gasteiger partial charge in [-0.15, -0.1) is 0 Å². The lowest BCUT2D eigenvalue weighted by atomic mass is 9.75. The lowest BCUT2D eigenvalue weighted by Gasteiger charge is -2.50. The van der Waals surface area contributed by atoms with Gasteiger partial charge in [0.15, 0.2) is 0 Å². The van der Waals surface area contributed by atoms with Crippen molar-refractivity contribution in [3.8, 4) is 0 Å². The van der Waals surface area contributed by atoms with Gasteiger partial charge < -0.3 is 4.74 Å². The maximum atomic E-state index is 6.26. The molecule has 4 aliphatic rings. The lowest BCUT2D eigenvalue weighted by Crippen LogP contribution is -2.61. The minimum atomic E-state index is -0.104. The number of anilines is 1. The maximum absolute atomic E-state index is 6.26. The molecule has 2 bridgehead atoms. The molecule has 4 aliphatic heterocycles. The quantitative estimate of drug-likeness (QED) is 0.903. The zero-order valence-corrected chi connectivity index (χ0v) is 13.2. The molecular weight excluding hydrogens is 278 g/mol. The molecule has 0 unspecified atom stereocenters.